The molecule has 1 heterocycles. The number of rotatable bonds is 6. The third-order valence-corrected chi connectivity index (χ3v) is 3.18. The highest BCUT2D eigenvalue weighted by Crippen LogP contribution is 2.28. The van der Waals surface area contributed by atoms with Crippen LogP contribution in [0.2, 0.25) is 0 Å². The third-order valence-electron chi connectivity index (χ3n) is 3.18. The largest absolute Gasteiger partial charge is 0.469 e. The Hall–Kier alpha value is -0.910. The van der Waals surface area contributed by atoms with E-state index in [-0.39, 0.29) is 30.7 Å². The molecule has 5 nitrogen and oxygen atoms in total. The molecule has 110 valence electrons. The standard InChI is InChI=1S/C14H24O5/c1-5-10(13(16)17-4)7-6-8-11-12(9-15)19-14(2,3)18-11/h6,8,10-12,15H,5,7,9H2,1-4H3/b8-6+/t10?,11-,12+/m0/s1. The van der Waals surface area contributed by atoms with Gasteiger partial charge in [0.1, 0.15) is 12.2 Å². The van der Waals surface area contributed by atoms with Crippen LogP contribution in [0, 0.1) is 5.92 Å². The van der Waals surface area contributed by atoms with Crippen LogP contribution >= 0.6 is 0 Å². The maximum atomic E-state index is 11.4. The van der Waals surface area contributed by atoms with Crippen LogP contribution in [0.15, 0.2) is 12.2 Å². The molecule has 1 fully saturated rings. The van der Waals surface area contributed by atoms with Gasteiger partial charge in [0.05, 0.1) is 19.6 Å². The number of allylic oxidation sites excluding steroid dienone is 1. The van der Waals surface area contributed by atoms with E-state index in [1.165, 1.54) is 7.11 Å². The Labute approximate surface area is 114 Å². The van der Waals surface area contributed by atoms with E-state index >= 15 is 0 Å². The summed E-state index contributed by atoms with van der Waals surface area (Å²) in [7, 11) is 1.40. The van der Waals surface area contributed by atoms with Gasteiger partial charge < -0.3 is 19.3 Å². The van der Waals surface area contributed by atoms with E-state index in [1.54, 1.807) is 0 Å². The summed E-state index contributed by atoms with van der Waals surface area (Å²) in [6, 6.07) is 0. The molecule has 0 aromatic heterocycles. The van der Waals surface area contributed by atoms with Crippen molar-refractivity contribution in [3.63, 3.8) is 0 Å². The number of carbonyl (C=O) groups excluding carboxylic acids is 1. The second-order valence-electron chi connectivity index (χ2n) is 5.11. The number of hydrogen-bond donors (Lipinski definition) is 1. The zero-order valence-corrected chi connectivity index (χ0v) is 12.1. The van der Waals surface area contributed by atoms with Gasteiger partial charge in [-0.05, 0) is 26.7 Å². The maximum Gasteiger partial charge on any atom is 0.308 e. The number of methoxy groups -OCH3 is 1. The van der Waals surface area contributed by atoms with E-state index in [0.717, 1.165) is 6.42 Å². The molecule has 0 aromatic carbocycles. The molecule has 1 N–H and O–H groups in total. The van der Waals surface area contributed by atoms with Crippen molar-refractivity contribution in [2.45, 2.75) is 51.6 Å². The molecule has 1 rings (SSSR count). The molecule has 19 heavy (non-hydrogen) atoms. The highest BCUT2D eigenvalue weighted by molar-refractivity contribution is 5.72. The van der Waals surface area contributed by atoms with Crippen molar-refractivity contribution >= 4 is 5.97 Å². The lowest BCUT2D eigenvalue weighted by Gasteiger charge is -2.16. The van der Waals surface area contributed by atoms with Crippen LogP contribution in [0.25, 0.3) is 0 Å². The summed E-state index contributed by atoms with van der Waals surface area (Å²) in [5.74, 6) is -1.02. The first-order valence-corrected chi connectivity index (χ1v) is 6.64. The van der Waals surface area contributed by atoms with Gasteiger partial charge in [0.25, 0.3) is 0 Å². The summed E-state index contributed by atoms with van der Waals surface area (Å²) in [6.07, 6.45) is 4.43. The first-order chi connectivity index (χ1) is 8.93. The van der Waals surface area contributed by atoms with Crippen LogP contribution in [0.4, 0.5) is 0 Å². The van der Waals surface area contributed by atoms with Gasteiger partial charge in [-0.25, -0.2) is 0 Å². The summed E-state index contributed by atoms with van der Waals surface area (Å²) in [6.45, 7) is 5.48. The molecule has 0 spiro atoms. The van der Waals surface area contributed by atoms with Gasteiger partial charge in [0, 0.05) is 0 Å². The van der Waals surface area contributed by atoms with Gasteiger partial charge in [-0.3, -0.25) is 4.79 Å². The van der Waals surface area contributed by atoms with Crippen LogP contribution < -0.4 is 0 Å². The number of hydrogen-bond acceptors (Lipinski definition) is 5. The van der Waals surface area contributed by atoms with E-state index in [0.29, 0.717) is 6.42 Å². The third kappa shape index (κ3) is 4.60. The van der Waals surface area contributed by atoms with Crippen molar-refractivity contribution in [2.75, 3.05) is 13.7 Å². The molecular weight excluding hydrogens is 248 g/mol. The fourth-order valence-corrected chi connectivity index (χ4v) is 2.14. The van der Waals surface area contributed by atoms with Crippen LogP contribution in [0.5, 0.6) is 0 Å². The number of esters is 1. The Morgan fingerprint density at radius 2 is 2.16 bits per heavy atom. The quantitative estimate of drug-likeness (QED) is 0.588. The van der Waals surface area contributed by atoms with Gasteiger partial charge in [-0.2, -0.15) is 0 Å². The number of ether oxygens (including phenoxy) is 3. The number of aliphatic hydroxyl groups excluding tert-OH is 1. The molecule has 0 saturated carbocycles. The van der Waals surface area contributed by atoms with Crippen LogP contribution in [-0.4, -0.2) is 42.8 Å². The van der Waals surface area contributed by atoms with Crippen molar-refractivity contribution in [1.82, 2.24) is 0 Å². The topological polar surface area (TPSA) is 65.0 Å². The highest BCUT2D eigenvalue weighted by atomic mass is 16.8. The van der Waals surface area contributed by atoms with Crippen LogP contribution in [0.1, 0.15) is 33.6 Å². The molecule has 1 aliphatic rings. The fraction of sp³-hybridized carbons (Fsp3) is 0.786. The lowest BCUT2D eigenvalue weighted by atomic mass is 10.0. The highest BCUT2D eigenvalue weighted by Gasteiger charge is 2.39. The average Bonchev–Trinajstić information content (AvgIpc) is 2.68. The van der Waals surface area contributed by atoms with Gasteiger partial charge in [0.15, 0.2) is 5.79 Å². The molecule has 0 amide bonds. The summed E-state index contributed by atoms with van der Waals surface area (Å²) < 4.78 is 15.9. The SMILES string of the molecule is CCC(C/C=C/[C@@H]1OC(C)(C)O[C@@H]1CO)C(=O)OC. The molecule has 1 aliphatic heterocycles. The summed E-state index contributed by atoms with van der Waals surface area (Å²) in [5.41, 5.74) is 0. The Balaban J connectivity index is 2.54. The predicted molar refractivity (Wildman–Crippen MR) is 70.5 cm³/mol. The molecule has 0 bridgehead atoms. The zero-order valence-electron chi connectivity index (χ0n) is 12.1. The molecule has 5 heteroatoms. The Bertz CT molecular complexity index is 324. The van der Waals surface area contributed by atoms with Crippen molar-refractivity contribution < 1.29 is 24.1 Å². The molecule has 3 atom stereocenters. The number of aliphatic hydroxyl groups is 1. The average molecular weight is 272 g/mol. The predicted octanol–water partition coefficient (Wildman–Crippen LogP) is 1.64. The van der Waals surface area contributed by atoms with E-state index < -0.39 is 5.79 Å². The van der Waals surface area contributed by atoms with Gasteiger partial charge in [-0.15, -0.1) is 0 Å². The van der Waals surface area contributed by atoms with Crippen molar-refractivity contribution in [3.8, 4) is 0 Å². The van der Waals surface area contributed by atoms with E-state index in [9.17, 15) is 9.90 Å². The lowest BCUT2D eigenvalue weighted by Crippen LogP contribution is -2.24. The van der Waals surface area contributed by atoms with Gasteiger partial charge in [-0.1, -0.05) is 19.1 Å². The Morgan fingerprint density at radius 1 is 1.47 bits per heavy atom. The Kier molecular flexibility index (Phi) is 5.97. The van der Waals surface area contributed by atoms with Crippen molar-refractivity contribution in [3.05, 3.63) is 12.2 Å². The summed E-state index contributed by atoms with van der Waals surface area (Å²) in [4.78, 5) is 11.4. The first kappa shape index (κ1) is 16.1. The first-order valence-electron chi connectivity index (χ1n) is 6.64. The summed E-state index contributed by atoms with van der Waals surface area (Å²) >= 11 is 0. The molecule has 1 unspecified atom stereocenters. The lowest BCUT2D eigenvalue weighted by molar-refractivity contribution is -0.146. The second kappa shape index (κ2) is 7.03. The second-order valence-corrected chi connectivity index (χ2v) is 5.11. The molecule has 0 radical (unpaired) electrons. The van der Waals surface area contributed by atoms with E-state index in [2.05, 4.69) is 0 Å². The molecule has 0 aromatic rings. The van der Waals surface area contributed by atoms with Crippen LogP contribution in [0.3, 0.4) is 0 Å². The van der Waals surface area contributed by atoms with E-state index in [1.807, 2.05) is 32.9 Å². The van der Waals surface area contributed by atoms with E-state index in [4.69, 9.17) is 14.2 Å². The summed E-state index contributed by atoms with van der Waals surface area (Å²) in [5, 5.41) is 9.24. The monoisotopic (exact) mass is 272 g/mol. The smallest absolute Gasteiger partial charge is 0.308 e. The fourth-order valence-electron chi connectivity index (χ4n) is 2.14. The number of carbonyl (C=O) groups is 1. The minimum Gasteiger partial charge on any atom is -0.469 e. The minimum absolute atomic E-state index is 0.0906. The molecular formula is C14H24O5. The van der Waals surface area contributed by atoms with Crippen molar-refractivity contribution in [2.24, 2.45) is 5.92 Å². The van der Waals surface area contributed by atoms with Gasteiger partial charge in [0.2, 0.25) is 0 Å². The normalized spacial score (nSPS) is 27.6. The van der Waals surface area contributed by atoms with Gasteiger partial charge >= 0.3 is 5.97 Å². The van der Waals surface area contributed by atoms with Crippen LogP contribution in [-0.2, 0) is 19.0 Å². The maximum absolute atomic E-state index is 11.4. The molecule has 1 saturated heterocycles. The zero-order chi connectivity index (χ0) is 14.5. The minimum atomic E-state index is -0.686. The molecule has 0 aliphatic carbocycles. The van der Waals surface area contributed by atoms with Crippen molar-refractivity contribution in [1.29, 1.82) is 0 Å². The Morgan fingerprint density at radius 3 is 2.68 bits per heavy atom.